The summed E-state index contributed by atoms with van der Waals surface area (Å²) in [5.74, 6) is -0.878. The third kappa shape index (κ3) is 62.0. The Morgan fingerprint density at radius 2 is 0.474 bits per heavy atom. The normalized spacial score (nSPS) is 12.4. The van der Waals surface area contributed by atoms with Crippen molar-refractivity contribution in [3.63, 3.8) is 0 Å². The summed E-state index contributed by atoms with van der Waals surface area (Å²) in [6, 6.07) is 0. The smallest absolute Gasteiger partial charge is 0.306 e. The van der Waals surface area contributed by atoms with Gasteiger partial charge in [0.25, 0.3) is 0 Å². The molecule has 6 heteroatoms. The highest BCUT2D eigenvalue weighted by molar-refractivity contribution is 5.71. The maximum absolute atomic E-state index is 12.9. The van der Waals surface area contributed by atoms with E-state index in [0.717, 1.165) is 89.9 Å². The van der Waals surface area contributed by atoms with Crippen LogP contribution in [0.4, 0.5) is 0 Å². The Bertz CT molecular complexity index is 1360. The van der Waals surface area contributed by atoms with Crippen LogP contribution in [0, 0.1) is 0 Å². The number of carbonyl (C=O) groups is 3. The molecule has 0 fully saturated rings. The van der Waals surface area contributed by atoms with Crippen molar-refractivity contribution in [1.29, 1.82) is 0 Å². The second-order valence-electron chi connectivity index (χ2n) is 22.4. The lowest BCUT2D eigenvalue weighted by atomic mass is 10.0. The minimum absolute atomic E-state index is 0.0797. The first-order valence-electron chi connectivity index (χ1n) is 33.3. The van der Waals surface area contributed by atoms with E-state index in [1.54, 1.807) is 0 Å². The van der Waals surface area contributed by atoms with Crippen molar-refractivity contribution in [2.75, 3.05) is 13.2 Å². The molecule has 0 aromatic heterocycles. The standard InChI is InChI=1S/C70H126O6/c1-4-7-10-13-16-19-22-25-28-31-33-35-37-39-42-45-48-51-54-57-60-63-69(72)75-66-67(65-74-68(71)62-59-56-53-50-47-44-41-38-30-27-24-21-18-15-12-9-6-3)76-70(73)64-61-58-55-52-49-46-43-40-36-34-32-29-26-23-20-17-14-11-8-5-2/h18,21-22,25,27,30-31,33,37,39,67H,4-17,19-20,23-24,26,28-29,32,34-36,38,40-66H2,1-3H3/b21-18-,25-22-,30-27-,33-31-,39-37-. The first-order chi connectivity index (χ1) is 37.5. The molecule has 0 aliphatic carbocycles. The zero-order valence-corrected chi connectivity index (χ0v) is 50.8. The molecule has 1 atom stereocenters. The molecule has 0 aromatic carbocycles. The number of unbranched alkanes of at least 4 members (excludes halogenated alkanes) is 40. The Kier molecular flexibility index (Phi) is 62.2. The molecule has 0 radical (unpaired) electrons. The van der Waals surface area contributed by atoms with E-state index >= 15 is 0 Å². The van der Waals surface area contributed by atoms with Gasteiger partial charge in [0, 0.05) is 19.3 Å². The van der Waals surface area contributed by atoms with Crippen LogP contribution in [-0.4, -0.2) is 37.2 Å². The summed E-state index contributed by atoms with van der Waals surface area (Å²) < 4.78 is 17.0. The number of hydrogen-bond acceptors (Lipinski definition) is 6. The molecule has 0 amide bonds. The van der Waals surface area contributed by atoms with E-state index in [2.05, 4.69) is 81.5 Å². The van der Waals surface area contributed by atoms with Crippen LogP contribution in [0.15, 0.2) is 60.8 Å². The Morgan fingerprint density at radius 1 is 0.263 bits per heavy atom. The zero-order chi connectivity index (χ0) is 55.0. The summed E-state index contributed by atoms with van der Waals surface area (Å²) in [4.78, 5) is 38.4. The van der Waals surface area contributed by atoms with Crippen molar-refractivity contribution in [3.05, 3.63) is 60.8 Å². The highest BCUT2D eigenvalue weighted by atomic mass is 16.6. The highest BCUT2D eigenvalue weighted by Crippen LogP contribution is 2.17. The fourth-order valence-electron chi connectivity index (χ4n) is 9.72. The molecule has 0 aliphatic rings. The third-order valence-electron chi connectivity index (χ3n) is 14.7. The monoisotopic (exact) mass is 1060 g/mol. The van der Waals surface area contributed by atoms with Crippen molar-refractivity contribution in [2.24, 2.45) is 0 Å². The van der Waals surface area contributed by atoms with Crippen LogP contribution in [0.25, 0.3) is 0 Å². The summed E-state index contributed by atoms with van der Waals surface area (Å²) in [6.45, 7) is 6.64. The summed E-state index contributed by atoms with van der Waals surface area (Å²) in [5.41, 5.74) is 0. The minimum atomic E-state index is -0.783. The molecule has 0 rings (SSSR count). The molecule has 0 spiro atoms. The quantitative estimate of drug-likeness (QED) is 0.0261. The molecule has 0 aliphatic heterocycles. The van der Waals surface area contributed by atoms with Crippen molar-refractivity contribution in [3.8, 4) is 0 Å². The van der Waals surface area contributed by atoms with E-state index in [1.165, 1.54) is 218 Å². The molecule has 0 bridgehead atoms. The zero-order valence-electron chi connectivity index (χ0n) is 50.8. The fourth-order valence-corrected chi connectivity index (χ4v) is 9.72. The van der Waals surface area contributed by atoms with Gasteiger partial charge in [-0.1, -0.05) is 300 Å². The van der Waals surface area contributed by atoms with Crippen LogP contribution in [0.1, 0.15) is 348 Å². The Morgan fingerprint density at radius 3 is 0.763 bits per heavy atom. The third-order valence-corrected chi connectivity index (χ3v) is 14.7. The lowest BCUT2D eigenvalue weighted by molar-refractivity contribution is -0.167. The summed E-state index contributed by atoms with van der Waals surface area (Å²) >= 11 is 0. The van der Waals surface area contributed by atoms with Crippen molar-refractivity contribution < 1.29 is 28.6 Å². The predicted octanol–water partition coefficient (Wildman–Crippen LogP) is 22.7. The van der Waals surface area contributed by atoms with Crippen LogP contribution in [0.3, 0.4) is 0 Å². The van der Waals surface area contributed by atoms with Crippen LogP contribution in [0.2, 0.25) is 0 Å². The van der Waals surface area contributed by atoms with E-state index in [4.69, 9.17) is 14.2 Å². The van der Waals surface area contributed by atoms with Crippen molar-refractivity contribution in [1.82, 2.24) is 0 Å². The number of allylic oxidation sites excluding steroid dienone is 10. The molecule has 442 valence electrons. The van der Waals surface area contributed by atoms with E-state index in [1.807, 2.05) is 0 Å². The van der Waals surface area contributed by atoms with Gasteiger partial charge in [0.15, 0.2) is 6.10 Å². The van der Waals surface area contributed by atoms with Crippen molar-refractivity contribution >= 4 is 17.9 Å². The molecule has 0 aromatic rings. The topological polar surface area (TPSA) is 78.9 Å². The van der Waals surface area contributed by atoms with E-state index in [9.17, 15) is 14.4 Å². The van der Waals surface area contributed by atoms with Gasteiger partial charge in [-0.25, -0.2) is 0 Å². The van der Waals surface area contributed by atoms with E-state index < -0.39 is 6.10 Å². The average molecular weight is 1060 g/mol. The Labute approximate surface area is 472 Å². The van der Waals surface area contributed by atoms with E-state index in [0.29, 0.717) is 19.3 Å². The van der Waals surface area contributed by atoms with Gasteiger partial charge in [0.05, 0.1) is 0 Å². The second-order valence-corrected chi connectivity index (χ2v) is 22.4. The van der Waals surface area contributed by atoms with Crippen LogP contribution >= 0.6 is 0 Å². The maximum Gasteiger partial charge on any atom is 0.306 e. The maximum atomic E-state index is 12.9. The van der Waals surface area contributed by atoms with Gasteiger partial charge < -0.3 is 14.2 Å². The first-order valence-corrected chi connectivity index (χ1v) is 33.3. The predicted molar refractivity (Wildman–Crippen MR) is 330 cm³/mol. The number of hydrogen-bond donors (Lipinski definition) is 0. The average Bonchev–Trinajstić information content (AvgIpc) is 3.42. The van der Waals surface area contributed by atoms with Gasteiger partial charge in [-0.3, -0.25) is 14.4 Å². The lowest BCUT2D eigenvalue weighted by Gasteiger charge is -2.18. The molecular formula is C70H126O6. The summed E-state index contributed by atoms with van der Waals surface area (Å²) in [5, 5.41) is 0. The SMILES string of the molecule is CCCCC/C=C\C/C=C\CCCCCCCCCC(=O)OCC(COC(=O)CCCCCCCC/C=C\C/C=C\C/C=C\CCCCCCC)OC(=O)CCCCCCCCCCCCCCCCCCCCCC. The van der Waals surface area contributed by atoms with Crippen LogP contribution in [-0.2, 0) is 28.6 Å². The van der Waals surface area contributed by atoms with E-state index in [-0.39, 0.29) is 31.1 Å². The van der Waals surface area contributed by atoms with Gasteiger partial charge >= 0.3 is 17.9 Å². The summed E-state index contributed by atoms with van der Waals surface area (Å²) in [6.07, 6.45) is 82.2. The van der Waals surface area contributed by atoms with Gasteiger partial charge in [-0.15, -0.1) is 0 Å². The van der Waals surface area contributed by atoms with Gasteiger partial charge in [0.1, 0.15) is 13.2 Å². The number of rotatable bonds is 61. The van der Waals surface area contributed by atoms with Crippen LogP contribution in [0.5, 0.6) is 0 Å². The number of esters is 3. The molecule has 0 saturated carbocycles. The fraction of sp³-hybridized carbons (Fsp3) is 0.814. The molecule has 6 nitrogen and oxygen atoms in total. The highest BCUT2D eigenvalue weighted by Gasteiger charge is 2.19. The molecule has 0 saturated heterocycles. The summed E-state index contributed by atoms with van der Waals surface area (Å²) in [7, 11) is 0. The first kappa shape index (κ1) is 73.1. The number of carbonyl (C=O) groups excluding carboxylic acids is 3. The number of ether oxygens (including phenoxy) is 3. The Balaban J connectivity index is 4.38. The lowest BCUT2D eigenvalue weighted by Crippen LogP contribution is -2.30. The molecule has 0 N–H and O–H groups in total. The van der Waals surface area contributed by atoms with Gasteiger partial charge in [-0.2, -0.15) is 0 Å². The van der Waals surface area contributed by atoms with Crippen LogP contribution < -0.4 is 0 Å². The molecule has 1 unspecified atom stereocenters. The second kappa shape index (κ2) is 64.6. The molecular weight excluding hydrogens is 937 g/mol. The largest absolute Gasteiger partial charge is 0.462 e. The minimum Gasteiger partial charge on any atom is -0.462 e. The molecule has 76 heavy (non-hydrogen) atoms. The van der Waals surface area contributed by atoms with Crippen molar-refractivity contribution in [2.45, 2.75) is 354 Å². The van der Waals surface area contributed by atoms with Gasteiger partial charge in [-0.05, 0) is 89.9 Å². The van der Waals surface area contributed by atoms with Gasteiger partial charge in [0.2, 0.25) is 0 Å². The Hall–Kier alpha value is -2.89. The molecule has 0 heterocycles.